The Balaban J connectivity index is 2.33. The van der Waals surface area contributed by atoms with Crippen molar-refractivity contribution < 1.29 is 18.0 Å². The quantitative estimate of drug-likeness (QED) is 0.824. The van der Waals surface area contributed by atoms with Crippen molar-refractivity contribution in [1.82, 2.24) is 4.98 Å². The summed E-state index contributed by atoms with van der Waals surface area (Å²) >= 11 is 2.88. The van der Waals surface area contributed by atoms with Crippen LogP contribution in [-0.4, -0.2) is 17.9 Å². The zero-order chi connectivity index (χ0) is 15.6. The van der Waals surface area contributed by atoms with Crippen molar-refractivity contribution in [3.63, 3.8) is 0 Å². The zero-order valence-corrected chi connectivity index (χ0v) is 12.3. The second-order valence-corrected chi connectivity index (χ2v) is 4.83. The van der Waals surface area contributed by atoms with Crippen molar-refractivity contribution in [3.05, 3.63) is 51.9 Å². The van der Waals surface area contributed by atoms with Gasteiger partial charge in [0.15, 0.2) is 11.6 Å². The highest BCUT2D eigenvalue weighted by atomic mass is 79.9. The third-order valence-electron chi connectivity index (χ3n) is 2.63. The number of halogens is 4. The van der Waals surface area contributed by atoms with Gasteiger partial charge in [-0.2, -0.15) is 0 Å². The molecule has 0 aliphatic heterocycles. The second-order valence-electron chi connectivity index (χ2n) is 3.97. The molecule has 0 saturated heterocycles. The number of amides is 1. The van der Waals surface area contributed by atoms with Crippen LogP contribution in [0.3, 0.4) is 0 Å². The fourth-order valence-corrected chi connectivity index (χ4v) is 1.94. The zero-order valence-electron chi connectivity index (χ0n) is 10.7. The minimum atomic E-state index is -0.965. The van der Waals surface area contributed by atoms with E-state index in [4.69, 9.17) is 0 Å². The van der Waals surface area contributed by atoms with Gasteiger partial charge in [-0.1, -0.05) is 0 Å². The first kappa shape index (κ1) is 15.3. The molecule has 0 radical (unpaired) electrons. The molecule has 4 nitrogen and oxygen atoms in total. The van der Waals surface area contributed by atoms with Gasteiger partial charge in [0.05, 0.1) is 15.7 Å². The Labute approximate surface area is 126 Å². The molecule has 0 saturated carbocycles. The summed E-state index contributed by atoms with van der Waals surface area (Å²) < 4.78 is 40.6. The first-order valence-electron chi connectivity index (χ1n) is 5.72. The highest BCUT2D eigenvalue weighted by molar-refractivity contribution is 9.10. The maximum Gasteiger partial charge on any atom is 0.258 e. The SMILES string of the molecule is CNc1nccc(C(=O)Nc2cc(Br)c(F)cc2F)c1F. The van der Waals surface area contributed by atoms with Crippen LogP contribution in [0.4, 0.5) is 24.7 Å². The third kappa shape index (κ3) is 3.15. The fraction of sp³-hybridized carbons (Fsp3) is 0.0769. The molecular weight excluding hydrogens is 351 g/mol. The van der Waals surface area contributed by atoms with Crippen molar-refractivity contribution in [2.24, 2.45) is 0 Å². The van der Waals surface area contributed by atoms with E-state index in [1.165, 1.54) is 13.2 Å². The van der Waals surface area contributed by atoms with E-state index in [0.29, 0.717) is 6.07 Å². The lowest BCUT2D eigenvalue weighted by Crippen LogP contribution is -2.16. The summed E-state index contributed by atoms with van der Waals surface area (Å²) in [5.74, 6) is -3.61. The van der Waals surface area contributed by atoms with Gasteiger partial charge in [-0.25, -0.2) is 18.2 Å². The number of rotatable bonds is 3. The molecule has 1 aromatic carbocycles. The van der Waals surface area contributed by atoms with Gasteiger partial charge in [-0.3, -0.25) is 4.79 Å². The van der Waals surface area contributed by atoms with E-state index >= 15 is 0 Å². The Bertz CT molecular complexity index is 709. The van der Waals surface area contributed by atoms with Gasteiger partial charge in [0.2, 0.25) is 0 Å². The maximum absolute atomic E-state index is 13.9. The van der Waals surface area contributed by atoms with Crippen LogP contribution in [0.2, 0.25) is 0 Å². The number of benzene rings is 1. The van der Waals surface area contributed by atoms with Gasteiger partial charge >= 0.3 is 0 Å². The number of aromatic nitrogens is 1. The molecule has 0 aliphatic carbocycles. The highest BCUT2D eigenvalue weighted by Gasteiger charge is 2.17. The lowest BCUT2D eigenvalue weighted by molar-refractivity contribution is 0.102. The van der Waals surface area contributed by atoms with E-state index in [1.54, 1.807) is 0 Å². The molecular formula is C13H9BrF3N3O. The molecule has 1 amide bonds. The van der Waals surface area contributed by atoms with Gasteiger partial charge < -0.3 is 10.6 Å². The first-order chi connectivity index (χ1) is 9.93. The van der Waals surface area contributed by atoms with Crippen molar-refractivity contribution in [2.45, 2.75) is 0 Å². The molecule has 0 atom stereocenters. The van der Waals surface area contributed by atoms with Gasteiger partial charge in [-0.15, -0.1) is 0 Å². The summed E-state index contributed by atoms with van der Waals surface area (Å²) in [4.78, 5) is 15.7. The number of pyridine rings is 1. The van der Waals surface area contributed by atoms with Crippen LogP contribution in [0.1, 0.15) is 10.4 Å². The topological polar surface area (TPSA) is 54.0 Å². The second kappa shape index (κ2) is 6.13. The molecule has 0 unspecified atom stereocenters. The van der Waals surface area contributed by atoms with Crippen LogP contribution >= 0.6 is 15.9 Å². The molecule has 1 aromatic heterocycles. The molecule has 0 fully saturated rings. The predicted octanol–water partition coefficient (Wildman–Crippen LogP) is 3.56. The summed E-state index contributed by atoms with van der Waals surface area (Å²) in [5, 5.41) is 4.67. The Hall–Kier alpha value is -2.09. The van der Waals surface area contributed by atoms with Gasteiger partial charge in [0, 0.05) is 19.3 Å². The van der Waals surface area contributed by atoms with Crippen molar-refractivity contribution in [2.75, 3.05) is 17.7 Å². The van der Waals surface area contributed by atoms with Gasteiger partial charge in [0.25, 0.3) is 5.91 Å². The molecule has 0 aliphatic rings. The summed E-state index contributed by atoms with van der Waals surface area (Å²) in [5.41, 5.74) is -0.579. The van der Waals surface area contributed by atoms with E-state index in [9.17, 15) is 18.0 Å². The summed E-state index contributed by atoms with van der Waals surface area (Å²) in [6.45, 7) is 0. The molecule has 110 valence electrons. The summed E-state index contributed by atoms with van der Waals surface area (Å²) in [6, 6.07) is 2.82. The number of hydrogen-bond donors (Lipinski definition) is 2. The lowest BCUT2D eigenvalue weighted by atomic mass is 10.2. The van der Waals surface area contributed by atoms with Gasteiger partial charge in [0.1, 0.15) is 11.6 Å². The van der Waals surface area contributed by atoms with Crippen LogP contribution in [0.5, 0.6) is 0 Å². The number of carbonyl (C=O) groups excluding carboxylic acids is 1. The van der Waals surface area contributed by atoms with Gasteiger partial charge in [-0.05, 0) is 28.1 Å². The van der Waals surface area contributed by atoms with Crippen molar-refractivity contribution >= 4 is 33.3 Å². The van der Waals surface area contributed by atoms with Crippen molar-refractivity contribution in [3.8, 4) is 0 Å². The lowest BCUT2D eigenvalue weighted by Gasteiger charge is -2.09. The van der Waals surface area contributed by atoms with Crippen molar-refractivity contribution in [1.29, 1.82) is 0 Å². The molecule has 2 aromatic rings. The predicted molar refractivity (Wildman–Crippen MR) is 75.8 cm³/mol. The molecule has 2 N–H and O–H groups in total. The molecule has 21 heavy (non-hydrogen) atoms. The Morgan fingerprint density at radius 2 is 1.95 bits per heavy atom. The Morgan fingerprint density at radius 1 is 1.24 bits per heavy atom. The van der Waals surface area contributed by atoms with Crippen LogP contribution in [-0.2, 0) is 0 Å². The Morgan fingerprint density at radius 3 is 2.62 bits per heavy atom. The smallest absolute Gasteiger partial charge is 0.258 e. The molecule has 0 bridgehead atoms. The number of hydrogen-bond acceptors (Lipinski definition) is 3. The first-order valence-corrected chi connectivity index (χ1v) is 6.51. The summed E-state index contributed by atoms with van der Waals surface area (Å²) in [6.07, 6.45) is 1.24. The van der Waals surface area contributed by atoms with E-state index in [1.807, 2.05) is 0 Å². The summed E-state index contributed by atoms with van der Waals surface area (Å²) in [7, 11) is 1.45. The van der Waals surface area contributed by atoms with Crippen LogP contribution in [0.25, 0.3) is 0 Å². The molecule has 1 heterocycles. The van der Waals surface area contributed by atoms with Crippen LogP contribution in [0.15, 0.2) is 28.9 Å². The highest BCUT2D eigenvalue weighted by Crippen LogP contribution is 2.24. The number of nitrogens with one attached hydrogen (secondary N) is 2. The minimum absolute atomic E-state index is 0.0229. The van der Waals surface area contributed by atoms with E-state index in [2.05, 4.69) is 31.5 Å². The third-order valence-corrected chi connectivity index (χ3v) is 3.24. The van der Waals surface area contributed by atoms with E-state index in [-0.39, 0.29) is 21.5 Å². The number of anilines is 2. The van der Waals surface area contributed by atoms with E-state index in [0.717, 1.165) is 12.1 Å². The fourth-order valence-electron chi connectivity index (χ4n) is 1.60. The largest absolute Gasteiger partial charge is 0.371 e. The minimum Gasteiger partial charge on any atom is -0.371 e. The van der Waals surface area contributed by atoms with E-state index < -0.39 is 23.4 Å². The normalized spacial score (nSPS) is 10.3. The van der Waals surface area contributed by atoms with Crippen LogP contribution in [0, 0.1) is 17.5 Å². The maximum atomic E-state index is 13.9. The van der Waals surface area contributed by atoms with Crippen LogP contribution < -0.4 is 10.6 Å². The number of carbonyl (C=O) groups is 1. The average molecular weight is 360 g/mol. The molecule has 0 spiro atoms. The monoisotopic (exact) mass is 359 g/mol. The molecule has 2 rings (SSSR count). The molecule has 8 heteroatoms. The standard InChI is InChI=1S/C13H9BrF3N3O/c1-18-12-11(17)6(2-3-19-12)13(21)20-10-4-7(14)8(15)5-9(10)16/h2-5H,1H3,(H,18,19)(H,20,21). The average Bonchev–Trinajstić information content (AvgIpc) is 2.44. The number of nitrogens with zero attached hydrogens (tertiary/aromatic N) is 1. The Kier molecular flexibility index (Phi) is 4.46.